The van der Waals surface area contributed by atoms with Crippen molar-refractivity contribution in [2.45, 2.75) is 77.4 Å². The van der Waals surface area contributed by atoms with Crippen LogP contribution >= 0.6 is 0 Å². The van der Waals surface area contributed by atoms with Gasteiger partial charge in [0.1, 0.15) is 0 Å². The normalized spacial score (nSPS) is 26.6. The van der Waals surface area contributed by atoms with Gasteiger partial charge in [0.25, 0.3) is 0 Å². The predicted octanol–water partition coefficient (Wildman–Crippen LogP) is 3.77. The minimum atomic E-state index is 0.274. The molecule has 0 amide bonds. The zero-order chi connectivity index (χ0) is 15.3. The van der Waals surface area contributed by atoms with E-state index in [0.717, 1.165) is 19.7 Å². The Morgan fingerprint density at radius 1 is 1.24 bits per heavy atom. The maximum atomic E-state index is 6.51. The topological polar surface area (TPSA) is 30.5 Å². The summed E-state index contributed by atoms with van der Waals surface area (Å²) >= 11 is 0. The van der Waals surface area contributed by atoms with E-state index in [2.05, 4.69) is 26.1 Å². The Bertz CT molecular complexity index is 305. The van der Waals surface area contributed by atoms with Gasteiger partial charge in [-0.05, 0) is 50.0 Å². The van der Waals surface area contributed by atoms with Crippen LogP contribution in [-0.4, -0.2) is 38.5 Å². The van der Waals surface area contributed by atoms with E-state index >= 15 is 0 Å². The first-order chi connectivity index (χ1) is 9.95. The molecule has 2 unspecified atom stereocenters. The van der Waals surface area contributed by atoms with Gasteiger partial charge in [0.15, 0.2) is 0 Å². The number of rotatable bonds is 7. The molecule has 2 atom stereocenters. The van der Waals surface area contributed by atoms with Gasteiger partial charge in [0.2, 0.25) is 0 Å². The largest absolute Gasteiger partial charge is 0.383 e. The van der Waals surface area contributed by atoms with Crippen molar-refractivity contribution in [3.05, 3.63) is 0 Å². The van der Waals surface area contributed by atoms with Crippen molar-refractivity contribution in [2.75, 3.05) is 26.8 Å². The fourth-order valence-corrected chi connectivity index (χ4v) is 3.96. The summed E-state index contributed by atoms with van der Waals surface area (Å²) in [5, 5.41) is 3.55. The first-order valence-electron chi connectivity index (χ1n) is 8.83. The molecule has 3 heteroatoms. The molecule has 1 saturated heterocycles. The molecule has 0 bridgehead atoms. The second-order valence-electron chi connectivity index (χ2n) is 8.16. The van der Waals surface area contributed by atoms with Gasteiger partial charge in [-0.2, -0.15) is 0 Å². The van der Waals surface area contributed by atoms with E-state index in [4.69, 9.17) is 9.47 Å². The Kier molecular flexibility index (Phi) is 6.10. The lowest BCUT2D eigenvalue weighted by atomic mass is 9.77. The van der Waals surface area contributed by atoms with Crippen molar-refractivity contribution >= 4 is 0 Å². The summed E-state index contributed by atoms with van der Waals surface area (Å²) in [6, 6.07) is 0. The Morgan fingerprint density at radius 3 is 2.57 bits per heavy atom. The first-order valence-corrected chi connectivity index (χ1v) is 8.83. The van der Waals surface area contributed by atoms with E-state index in [1.54, 1.807) is 7.11 Å². The number of hydrogen-bond acceptors (Lipinski definition) is 3. The third-order valence-electron chi connectivity index (χ3n) is 5.50. The number of nitrogens with one attached hydrogen (secondary N) is 1. The number of hydrogen-bond donors (Lipinski definition) is 1. The molecule has 1 heterocycles. The van der Waals surface area contributed by atoms with Gasteiger partial charge in [0, 0.05) is 13.7 Å². The van der Waals surface area contributed by atoms with Gasteiger partial charge in [-0.25, -0.2) is 0 Å². The molecule has 21 heavy (non-hydrogen) atoms. The minimum Gasteiger partial charge on any atom is -0.383 e. The molecule has 1 saturated carbocycles. The second kappa shape index (κ2) is 7.43. The van der Waals surface area contributed by atoms with E-state index in [9.17, 15) is 0 Å². The molecule has 3 nitrogen and oxygen atoms in total. The highest BCUT2D eigenvalue weighted by molar-refractivity contribution is 4.94. The summed E-state index contributed by atoms with van der Waals surface area (Å²) in [5.41, 5.74) is 0.603. The Labute approximate surface area is 131 Å². The highest BCUT2D eigenvalue weighted by atomic mass is 16.5. The highest BCUT2D eigenvalue weighted by Gasteiger charge is 2.43. The molecule has 1 aliphatic heterocycles. The molecular weight excluding hydrogens is 262 g/mol. The smallest absolute Gasteiger partial charge is 0.0687 e. The Hall–Kier alpha value is -0.120. The molecule has 124 valence electrons. The van der Waals surface area contributed by atoms with Gasteiger partial charge < -0.3 is 14.8 Å². The fraction of sp³-hybridized carbons (Fsp3) is 1.00. The van der Waals surface area contributed by atoms with Gasteiger partial charge in [-0.3, -0.25) is 0 Å². The van der Waals surface area contributed by atoms with Crippen LogP contribution in [0.1, 0.15) is 65.7 Å². The molecule has 0 radical (unpaired) electrons. The lowest BCUT2D eigenvalue weighted by Gasteiger charge is -2.34. The van der Waals surface area contributed by atoms with Crippen molar-refractivity contribution in [3.8, 4) is 0 Å². The zero-order valence-corrected chi connectivity index (χ0v) is 14.5. The quantitative estimate of drug-likeness (QED) is 0.726. The van der Waals surface area contributed by atoms with Gasteiger partial charge in [-0.15, -0.1) is 0 Å². The maximum Gasteiger partial charge on any atom is 0.0687 e. The lowest BCUT2D eigenvalue weighted by molar-refractivity contribution is -0.0499. The van der Waals surface area contributed by atoms with Crippen molar-refractivity contribution < 1.29 is 9.47 Å². The van der Waals surface area contributed by atoms with Crippen LogP contribution in [0.5, 0.6) is 0 Å². The molecule has 0 aromatic heterocycles. The molecule has 1 aliphatic carbocycles. The van der Waals surface area contributed by atoms with Crippen molar-refractivity contribution in [1.82, 2.24) is 5.32 Å². The molecule has 2 fully saturated rings. The molecule has 0 aromatic rings. The van der Waals surface area contributed by atoms with E-state index in [1.807, 2.05) is 0 Å². The van der Waals surface area contributed by atoms with Crippen molar-refractivity contribution in [3.63, 3.8) is 0 Å². The molecular formula is C18H35NO2. The zero-order valence-electron chi connectivity index (χ0n) is 14.5. The van der Waals surface area contributed by atoms with Crippen LogP contribution in [0, 0.1) is 11.3 Å². The van der Waals surface area contributed by atoms with E-state index < -0.39 is 0 Å². The SMILES string of the molecule is COCCNCC(CC1CCC2(CCCC2)O1)C(C)(C)C. The number of ether oxygens (including phenoxy) is 2. The standard InChI is InChI=1S/C18H35NO2/c1-17(2,3)15(14-19-11-12-20-4)13-16-7-10-18(21-16)8-5-6-9-18/h15-16,19H,5-14H2,1-4H3. The summed E-state index contributed by atoms with van der Waals surface area (Å²) in [6.07, 6.45) is 9.59. The van der Waals surface area contributed by atoms with E-state index in [-0.39, 0.29) is 5.60 Å². The average Bonchev–Trinajstić information content (AvgIpc) is 3.03. The third-order valence-corrected chi connectivity index (χ3v) is 5.50. The van der Waals surface area contributed by atoms with Gasteiger partial charge >= 0.3 is 0 Å². The summed E-state index contributed by atoms with van der Waals surface area (Å²) in [6.45, 7) is 9.88. The summed E-state index contributed by atoms with van der Waals surface area (Å²) in [5.74, 6) is 0.663. The Balaban J connectivity index is 1.81. The summed E-state index contributed by atoms with van der Waals surface area (Å²) in [4.78, 5) is 0. The Morgan fingerprint density at radius 2 is 1.95 bits per heavy atom. The lowest BCUT2D eigenvalue weighted by Crippen LogP contribution is -2.36. The van der Waals surface area contributed by atoms with Crippen LogP contribution in [0.2, 0.25) is 0 Å². The maximum absolute atomic E-state index is 6.51. The minimum absolute atomic E-state index is 0.274. The first kappa shape index (κ1) is 17.2. The molecule has 0 aromatic carbocycles. The molecule has 2 rings (SSSR count). The predicted molar refractivity (Wildman–Crippen MR) is 87.6 cm³/mol. The average molecular weight is 297 g/mol. The molecule has 2 aliphatic rings. The van der Waals surface area contributed by atoms with Crippen LogP contribution in [0.15, 0.2) is 0 Å². The monoisotopic (exact) mass is 297 g/mol. The molecule has 1 spiro atoms. The van der Waals surface area contributed by atoms with E-state index in [1.165, 1.54) is 44.9 Å². The van der Waals surface area contributed by atoms with Crippen LogP contribution in [0.3, 0.4) is 0 Å². The number of methoxy groups -OCH3 is 1. The summed E-state index contributed by atoms with van der Waals surface area (Å²) < 4.78 is 11.6. The van der Waals surface area contributed by atoms with Crippen LogP contribution < -0.4 is 5.32 Å². The van der Waals surface area contributed by atoms with Crippen molar-refractivity contribution in [1.29, 1.82) is 0 Å². The third kappa shape index (κ3) is 4.94. The second-order valence-corrected chi connectivity index (χ2v) is 8.16. The van der Waals surface area contributed by atoms with Gasteiger partial charge in [0.05, 0.1) is 18.3 Å². The van der Waals surface area contributed by atoms with Crippen molar-refractivity contribution in [2.24, 2.45) is 11.3 Å². The van der Waals surface area contributed by atoms with Crippen LogP contribution in [0.25, 0.3) is 0 Å². The van der Waals surface area contributed by atoms with Crippen LogP contribution in [-0.2, 0) is 9.47 Å². The van der Waals surface area contributed by atoms with E-state index in [0.29, 0.717) is 17.4 Å². The fourth-order valence-electron chi connectivity index (χ4n) is 3.96. The molecule has 1 N–H and O–H groups in total. The van der Waals surface area contributed by atoms with Gasteiger partial charge in [-0.1, -0.05) is 33.6 Å². The van der Waals surface area contributed by atoms with Crippen LogP contribution in [0.4, 0.5) is 0 Å². The highest BCUT2D eigenvalue weighted by Crippen LogP contribution is 2.45. The summed E-state index contributed by atoms with van der Waals surface area (Å²) in [7, 11) is 1.76.